The summed E-state index contributed by atoms with van der Waals surface area (Å²) in [5.74, 6) is -1.29. The first-order valence-electron chi connectivity index (χ1n) is 10.0. The number of nitrogens with zero attached hydrogens (tertiary/aromatic N) is 2. The van der Waals surface area contributed by atoms with Gasteiger partial charge in [-0.05, 0) is 61.7 Å². The van der Waals surface area contributed by atoms with E-state index < -0.39 is 11.7 Å². The van der Waals surface area contributed by atoms with Crippen molar-refractivity contribution in [2.24, 2.45) is 5.41 Å². The van der Waals surface area contributed by atoms with Crippen molar-refractivity contribution in [1.82, 2.24) is 15.1 Å². The molecule has 31 heavy (non-hydrogen) atoms. The smallest absolute Gasteiger partial charge is 0.257 e. The summed E-state index contributed by atoms with van der Waals surface area (Å²) in [6.07, 6.45) is 1.75. The summed E-state index contributed by atoms with van der Waals surface area (Å²) < 4.78 is 27.6. The zero-order valence-corrected chi connectivity index (χ0v) is 17.5. The Morgan fingerprint density at radius 1 is 1.23 bits per heavy atom. The highest BCUT2D eigenvalue weighted by Gasteiger charge is 2.55. The van der Waals surface area contributed by atoms with E-state index in [0.29, 0.717) is 29.4 Å². The van der Waals surface area contributed by atoms with Gasteiger partial charge in [-0.1, -0.05) is 11.6 Å². The minimum atomic E-state index is -0.633. The first kappa shape index (κ1) is 20.0. The van der Waals surface area contributed by atoms with Gasteiger partial charge in [0.15, 0.2) is 0 Å². The largest absolute Gasteiger partial charge is 0.508 e. The number of H-pyrrole nitrogens is 1. The fourth-order valence-corrected chi connectivity index (χ4v) is 5.16. The predicted octanol–water partition coefficient (Wildman–Crippen LogP) is 5.04. The van der Waals surface area contributed by atoms with E-state index in [2.05, 4.69) is 10.2 Å². The number of aromatic nitrogens is 2. The van der Waals surface area contributed by atoms with Crippen molar-refractivity contribution >= 4 is 17.5 Å². The number of hydrogen-bond donors (Lipinski definition) is 2. The van der Waals surface area contributed by atoms with Crippen molar-refractivity contribution in [3.8, 4) is 17.0 Å². The number of benzene rings is 2. The number of hydrogen-bond acceptors (Lipinski definition) is 3. The van der Waals surface area contributed by atoms with Crippen LogP contribution in [0.2, 0.25) is 5.02 Å². The summed E-state index contributed by atoms with van der Waals surface area (Å²) in [4.78, 5) is 14.2. The lowest BCUT2D eigenvalue weighted by Crippen LogP contribution is -2.63. The molecule has 2 aromatic carbocycles. The van der Waals surface area contributed by atoms with E-state index in [9.17, 15) is 18.7 Å². The number of aromatic amines is 1. The third-order valence-electron chi connectivity index (χ3n) is 6.51. The summed E-state index contributed by atoms with van der Waals surface area (Å²) in [5, 5.41) is 17.5. The van der Waals surface area contributed by atoms with Crippen LogP contribution in [0.25, 0.3) is 11.3 Å². The third-order valence-corrected chi connectivity index (χ3v) is 6.84. The van der Waals surface area contributed by atoms with Gasteiger partial charge in [-0.3, -0.25) is 9.89 Å². The van der Waals surface area contributed by atoms with Crippen LogP contribution in [0.15, 0.2) is 36.4 Å². The zero-order valence-electron chi connectivity index (χ0n) is 16.8. The van der Waals surface area contributed by atoms with Gasteiger partial charge < -0.3 is 10.0 Å². The second-order valence-electron chi connectivity index (χ2n) is 8.66. The average Bonchev–Trinajstić information content (AvgIpc) is 3.04. The molecule has 1 spiro atoms. The van der Waals surface area contributed by atoms with Crippen LogP contribution in [0.1, 0.15) is 40.4 Å². The molecule has 0 bridgehead atoms. The normalized spacial score (nSPS) is 17.5. The van der Waals surface area contributed by atoms with Crippen molar-refractivity contribution in [3.63, 3.8) is 0 Å². The summed E-state index contributed by atoms with van der Waals surface area (Å²) in [7, 11) is 0. The highest BCUT2D eigenvalue weighted by molar-refractivity contribution is 6.33. The Morgan fingerprint density at radius 2 is 1.97 bits per heavy atom. The van der Waals surface area contributed by atoms with E-state index in [4.69, 9.17) is 11.6 Å². The molecule has 3 aromatic rings. The number of likely N-dealkylation sites (tertiary alicyclic amines) is 1. The van der Waals surface area contributed by atoms with Crippen LogP contribution in [0.4, 0.5) is 8.78 Å². The molecular weight excluding hydrogens is 424 g/mol. The summed E-state index contributed by atoms with van der Waals surface area (Å²) in [6.45, 7) is 3.06. The Morgan fingerprint density at radius 3 is 2.71 bits per heavy atom. The van der Waals surface area contributed by atoms with Gasteiger partial charge in [0, 0.05) is 30.0 Å². The fourth-order valence-electron chi connectivity index (χ4n) is 4.95. The molecule has 2 N–H and O–H groups in total. The maximum atomic E-state index is 13.9. The summed E-state index contributed by atoms with van der Waals surface area (Å²) in [5.41, 5.74) is 3.10. The maximum Gasteiger partial charge on any atom is 0.257 e. The molecular formula is C23H20ClF2N3O2. The minimum Gasteiger partial charge on any atom is -0.508 e. The van der Waals surface area contributed by atoms with Gasteiger partial charge >= 0.3 is 0 Å². The molecule has 5 nitrogen and oxygen atoms in total. The second-order valence-corrected chi connectivity index (χ2v) is 9.07. The van der Waals surface area contributed by atoms with Gasteiger partial charge in [-0.2, -0.15) is 5.10 Å². The van der Waals surface area contributed by atoms with Gasteiger partial charge in [0.25, 0.3) is 5.91 Å². The van der Waals surface area contributed by atoms with Gasteiger partial charge in [-0.25, -0.2) is 8.78 Å². The zero-order chi connectivity index (χ0) is 21.9. The molecule has 1 aromatic heterocycles. The van der Waals surface area contributed by atoms with Crippen LogP contribution in [0, 0.1) is 24.0 Å². The molecule has 1 saturated carbocycles. The Labute approximate surface area is 182 Å². The molecule has 2 aliphatic rings. The summed E-state index contributed by atoms with van der Waals surface area (Å²) in [6, 6.07) is 7.72. The van der Waals surface area contributed by atoms with Crippen LogP contribution >= 0.6 is 11.6 Å². The molecule has 2 heterocycles. The van der Waals surface area contributed by atoms with E-state index in [-0.39, 0.29) is 28.5 Å². The molecule has 160 valence electrons. The highest BCUT2D eigenvalue weighted by Crippen LogP contribution is 2.56. The first-order chi connectivity index (χ1) is 14.8. The molecule has 2 fully saturated rings. The van der Waals surface area contributed by atoms with Crippen molar-refractivity contribution < 1.29 is 18.7 Å². The number of rotatable bonds is 3. The molecule has 1 aliphatic heterocycles. The number of halogens is 3. The lowest BCUT2D eigenvalue weighted by molar-refractivity contribution is -0.0564. The van der Waals surface area contributed by atoms with Crippen LogP contribution in [-0.4, -0.2) is 39.2 Å². The van der Waals surface area contributed by atoms with E-state index >= 15 is 0 Å². The molecule has 5 rings (SSSR count). The van der Waals surface area contributed by atoms with Crippen LogP contribution in [-0.2, 0) is 0 Å². The molecule has 1 amide bonds. The SMILES string of the molecule is Cc1c(C2CC3(C2)CN(C(=O)c2cc(O)ccc2F)C3)n[nH]c1-c1cc(F)ccc1Cl. The van der Waals surface area contributed by atoms with Crippen LogP contribution < -0.4 is 0 Å². The van der Waals surface area contributed by atoms with Gasteiger partial charge in [0.2, 0.25) is 0 Å². The van der Waals surface area contributed by atoms with Gasteiger partial charge in [0.1, 0.15) is 17.4 Å². The van der Waals surface area contributed by atoms with Crippen LogP contribution in [0.3, 0.4) is 0 Å². The number of amides is 1. The lowest BCUT2D eigenvalue weighted by Gasteiger charge is -2.59. The number of carbonyl (C=O) groups is 1. The number of phenols is 1. The molecule has 1 saturated heterocycles. The van der Waals surface area contributed by atoms with Gasteiger partial charge in [-0.15, -0.1) is 0 Å². The Hall–Kier alpha value is -2.93. The first-order valence-corrected chi connectivity index (χ1v) is 10.4. The van der Waals surface area contributed by atoms with E-state index in [0.717, 1.165) is 30.2 Å². The monoisotopic (exact) mass is 443 g/mol. The van der Waals surface area contributed by atoms with Crippen molar-refractivity contribution in [1.29, 1.82) is 0 Å². The molecule has 0 atom stereocenters. The summed E-state index contributed by atoms with van der Waals surface area (Å²) >= 11 is 6.24. The van der Waals surface area contributed by atoms with E-state index in [1.807, 2.05) is 6.92 Å². The topological polar surface area (TPSA) is 69.2 Å². The highest BCUT2D eigenvalue weighted by atomic mass is 35.5. The molecule has 1 aliphatic carbocycles. The second kappa shape index (κ2) is 7.05. The molecule has 0 radical (unpaired) electrons. The van der Waals surface area contributed by atoms with Crippen molar-refractivity contribution in [2.75, 3.05) is 13.1 Å². The maximum absolute atomic E-state index is 13.9. The fraction of sp³-hybridized carbons (Fsp3) is 0.304. The number of aromatic hydroxyl groups is 1. The Kier molecular flexibility index (Phi) is 4.55. The van der Waals surface area contributed by atoms with Crippen molar-refractivity contribution in [2.45, 2.75) is 25.7 Å². The number of phenolic OH excluding ortho intramolecular Hbond substituents is 1. The van der Waals surface area contributed by atoms with E-state index in [1.165, 1.54) is 30.3 Å². The van der Waals surface area contributed by atoms with Gasteiger partial charge in [0.05, 0.1) is 22.0 Å². The quantitative estimate of drug-likeness (QED) is 0.595. The molecule has 8 heteroatoms. The number of nitrogens with one attached hydrogen (secondary N) is 1. The lowest BCUT2D eigenvalue weighted by atomic mass is 9.56. The minimum absolute atomic E-state index is 0.0235. The Bertz CT molecular complexity index is 1200. The predicted molar refractivity (Wildman–Crippen MR) is 112 cm³/mol. The van der Waals surface area contributed by atoms with Crippen LogP contribution in [0.5, 0.6) is 5.75 Å². The molecule has 0 unspecified atom stereocenters. The number of carbonyl (C=O) groups excluding carboxylic acids is 1. The Balaban J connectivity index is 1.26. The average molecular weight is 444 g/mol. The third kappa shape index (κ3) is 3.28. The van der Waals surface area contributed by atoms with E-state index in [1.54, 1.807) is 4.90 Å². The standard InChI is InChI=1S/C23H20ClF2N3O2/c1-12-20(27-28-21(12)16-6-14(25)2-4-18(16)24)13-8-23(9-13)10-29(11-23)22(31)17-7-15(30)3-5-19(17)26/h2-7,13,30H,8-11H2,1H3,(H,27,28). The van der Waals surface area contributed by atoms with Crippen molar-refractivity contribution in [3.05, 3.63) is 69.9 Å².